The van der Waals surface area contributed by atoms with Crippen LogP contribution in [0.25, 0.3) is 0 Å². The number of hydrogen-bond donors (Lipinski definition) is 2. The zero-order valence-corrected chi connectivity index (χ0v) is 17.8. The van der Waals surface area contributed by atoms with Crippen molar-refractivity contribution in [3.05, 3.63) is 34.3 Å². The number of sulfonamides is 1. The second kappa shape index (κ2) is 6.44. The molecule has 0 radical (unpaired) electrons. The molecule has 0 unspecified atom stereocenters. The maximum Gasteiger partial charge on any atom is 0.333 e. The Hall–Kier alpha value is -2.62. The van der Waals surface area contributed by atoms with Crippen LogP contribution in [0, 0.1) is 11.2 Å². The van der Waals surface area contributed by atoms with Crippen molar-refractivity contribution in [2.75, 3.05) is 11.9 Å². The largest absolute Gasteiger partial charge is 0.476 e. The Morgan fingerprint density at radius 1 is 1.10 bits per heavy atom. The molecule has 4 aliphatic rings. The highest BCUT2D eigenvalue weighted by Gasteiger charge is 2.48. The number of nitrogens with one attached hydrogen (secondary N) is 2. The molecular formula is C21H23FN4O4S. The molecule has 1 spiro atoms. The predicted octanol–water partition coefficient (Wildman–Crippen LogP) is 2.68. The van der Waals surface area contributed by atoms with Gasteiger partial charge >= 0.3 is 6.03 Å². The van der Waals surface area contributed by atoms with Crippen LogP contribution in [-0.2, 0) is 42.3 Å². The summed E-state index contributed by atoms with van der Waals surface area (Å²) in [7, 11) is -4.18. The first-order valence-corrected chi connectivity index (χ1v) is 12.2. The van der Waals surface area contributed by atoms with Gasteiger partial charge in [0.2, 0.25) is 5.88 Å². The standard InChI is InChI=1S/C21H23FN4O4S/c22-17-12-3-1-5-14(12)18(15-6-2-4-13(15)17)24-20(27)25-31(28,29)16-9-23-26-10-21(7-8-21)11-30-19(16)26/h9H,1-8,10-11H2,(H2,24,25,27). The number of rotatable bonds is 3. The summed E-state index contributed by atoms with van der Waals surface area (Å²) in [5, 5.41) is 6.88. The van der Waals surface area contributed by atoms with Gasteiger partial charge in [-0.15, -0.1) is 0 Å². The Balaban J connectivity index is 1.27. The van der Waals surface area contributed by atoms with E-state index in [0.717, 1.165) is 36.8 Å². The molecule has 31 heavy (non-hydrogen) atoms. The van der Waals surface area contributed by atoms with Crippen LogP contribution in [0.3, 0.4) is 0 Å². The quantitative estimate of drug-likeness (QED) is 0.755. The molecule has 2 amide bonds. The molecule has 164 valence electrons. The van der Waals surface area contributed by atoms with E-state index in [2.05, 4.69) is 15.1 Å². The van der Waals surface area contributed by atoms with Gasteiger partial charge in [0.25, 0.3) is 10.0 Å². The number of urea groups is 1. The summed E-state index contributed by atoms with van der Waals surface area (Å²) in [6, 6.07) is -0.857. The minimum absolute atomic E-state index is 0.0776. The lowest BCUT2D eigenvalue weighted by molar-refractivity contribution is 0.144. The van der Waals surface area contributed by atoms with E-state index < -0.39 is 16.1 Å². The van der Waals surface area contributed by atoms with Gasteiger partial charge in [0, 0.05) is 11.1 Å². The van der Waals surface area contributed by atoms with Crippen molar-refractivity contribution in [3.63, 3.8) is 0 Å². The third kappa shape index (κ3) is 2.95. The van der Waals surface area contributed by atoms with Gasteiger partial charge in [-0.3, -0.25) is 0 Å². The van der Waals surface area contributed by atoms with Gasteiger partial charge in [-0.2, -0.15) is 5.10 Å². The number of nitrogens with zero attached hydrogens (tertiary/aromatic N) is 2. The topological polar surface area (TPSA) is 102 Å². The number of carbonyl (C=O) groups excluding carboxylic acids is 1. The van der Waals surface area contributed by atoms with E-state index in [9.17, 15) is 17.6 Å². The van der Waals surface area contributed by atoms with Gasteiger partial charge in [0.05, 0.1) is 19.3 Å². The van der Waals surface area contributed by atoms with Crippen molar-refractivity contribution in [1.29, 1.82) is 0 Å². The van der Waals surface area contributed by atoms with Crippen LogP contribution >= 0.6 is 0 Å². The number of benzene rings is 1. The smallest absolute Gasteiger partial charge is 0.333 e. The Kier molecular flexibility index (Phi) is 3.97. The number of halogens is 1. The number of hydrogen-bond acceptors (Lipinski definition) is 5. The van der Waals surface area contributed by atoms with E-state index in [1.807, 2.05) is 0 Å². The predicted molar refractivity (Wildman–Crippen MR) is 109 cm³/mol. The van der Waals surface area contributed by atoms with Gasteiger partial charge in [-0.1, -0.05) is 0 Å². The van der Waals surface area contributed by atoms with Crippen molar-refractivity contribution in [2.45, 2.75) is 62.8 Å². The average molecular weight is 447 g/mol. The number of ether oxygens (including phenoxy) is 1. The molecule has 8 nitrogen and oxygen atoms in total. The van der Waals surface area contributed by atoms with Crippen LogP contribution in [0.15, 0.2) is 11.1 Å². The van der Waals surface area contributed by atoms with Gasteiger partial charge in [0.15, 0.2) is 4.90 Å². The Morgan fingerprint density at radius 2 is 1.74 bits per heavy atom. The van der Waals surface area contributed by atoms with Crippen molar-refractivity contribution in [1.82, 2.24) is 14.5 Å². The van der Waals surface area contributed by atoms with Crippen molar-refractivity contribution in [2.24, 2.45) is 5.41 Å². The first-order valence-electron chi connectivity index (χ1n) is 10.7. The van der Waals surface area contributed by atoms with E-state index in [1.54, 1.807) is 4.68 Å². The molecule has 1 fully saturated rings. The maximum atomic E-state index is 14.8. The highest BCUT2D eigenvalue weighted by atomic mass is 32.2. The normalized spacial score (nSPS) is 20.0. The number of aromatic nitrogens is 2. The zero-order chi connectivity index (χ0) is 21.4. The third-order valence-electron chi connectivity index (χ3n) is 7.04. The molecule has 1 aromatic carbocycles. The summed E-state index contributed by atoms with van der Waals surface area (Å²) in [6.07, 6.45) is 7.59. The lowest BCUT2D eigenvalue weighted by Crippen LogP contribution is -2.35. The molecule has 0 bridgehead atoms. The fraction of sp³-hybridized carbons (Fsp3) is 0.524. The average Bonchev–Trinajstić information content (AvgIpc) is 3.18. The lowest BCUT2D eigenvalue weighted by atomic mass is 9.98. The zero-order valence-electron chi connectivity index (χ0n) is 17.0. The van der Waals surface area contributed by atoms with Crippen molar-refractivity contribution in [3.8, 4) is 5.88 Å². The van der Waals surface area contributed by atoms with E-state index >= 15 is 0 Å². The number of fused-ring (bicyclic) bond motifs is 3. The van der Waals surface area contributed by atoms with E-state index in [-0.39, 0.29) is 22.0 Å². The van der Waals surface area contributed by atoms with Crippen molar-refractivity contribution >= 4 is 21.7 Å². The van der Waals surface area contributed by atoms with Crippen LogP contribution in [0.5, 0.6) is 5.88 Å². The third-order valence-corrected chi connectivity index (χ3v) is 8.35. The molecule has 1 saturated carbocycles. The number of anilines is 1. The van der Waals surface area contributed by atoms with E-state index in [4.69, 9.17) is 4.74 Å². The Labute approximate surface area is 179 Å². The van der Waals surface area contributed by atoms with Gasteiger partial charge in [-0.05, 0) is 73.6 Å². The summed E-state index contributed by atoms with van der Waals surface area (Å²) < 4.78 is 50.0. The highest BCUT2D eigenvalue weighted by Crippen LogP contribution is 2.50. The van der Waals surface area contributed by atoms with Crippen LogP contribution < -0.4 is 14.8 Å². The molecule has 3 aliphatic carbocycles. The maximum absolute atomic E-state index is 14.8. The molecule has 2 heterocycles. The minimum atomic E-state index is -4.18. The van der Waals surface area contributed by atoms with Crippen LogP contribution in [0.1, 0.15) is 47.9 Å². The lowest BCUT2D eigenvalue weighted by Gasteiger charge is -2.24. The summed E-state index contributed by atoms with van der Waals surface area (Å²) >= 11 is 0. The van der Waals surface area contributed by atoms with Gasteiger partial charge in [0.1, 0.15) is 5.82 Å². The van der Waals surface area contributed by atoms with Crippen LogP contribution in [0.4, 0.5) is 14.9 Å². The molecule has 6 rings (SSSR count). The Bertz CT molecular complexity index is 1200. The molecule has 0 saturated heterocycles. The molecule has 2 N–H and O–H groups in total. The monoisotopic (exact) mass is 446 g/mol. The number of amides is 2. The number of carbonyl (C=O) groups is 1. The Morgan fingerprint density at radius 3 is 2.39 bits per heavy atom. The van der Waals surface area contributed by atoms with Gasteiger partial charge < -0.3 is 10.1 Å². The molecular weight excluding hydrogens is 423 g/mol. The fourth-order valence-corrected chi connectivity index (χ4v) is 6.20. The second-order valence-electron chi connectivity index (χ2n) is 9.13. The van der Waals surface area contributed by atoms with E-state index in [0.29, 0.717) is 55.6 Å². The molecule has 1 aromatic heterocycles. The molecule has 2 aromatic rings. The molecule has 10 heteroatoms. The minimum Gasteiger partial charge on any atom is -0.476 e. The second-order valence-corrected chi connectivity index (χ2v) is 10.8. The first-order chi connectivity index (χ1) is 14.9. The SMILES string of the molecule is O=C(Nc1c2c(c(F)c3c1CCC3)CCC2)NS(=O)(=O)c1cnn2c1OCC1(CC1)C2. The van der Waals surface area contributed by atoms with Crippen LogP contribution in [-0.4, -0.2) is 30.8 Å². The summed E-state index contributed by atoms with van der Waals surface area (Å²) in [6.45, 7) is 1.08. The first kappa shape index (κ1) is 19.1. The summed E-state index contributed by atoms with van der Waals surface area (Å²) in [5.41, 5.74) is 3.57. The molecule has 1 aliphatic heterocycles. The van der Waals surface area contributed by atoms with Crippen LogP contribution in [0.2, 0.25) is 0 Å². The fourth-order valence-electron chi connectivity index (χ4n) is 5.22. The molecule has 0 atom stereocenters. The van der Waals surface area contributed by atoms with E-state index in [1.165, 1.54) is 6.20 Å². The van der Waals surface area contributed by atoms with Gasteiger partial charge in [-0.25, -0.2) is 27.0 Å². The van der Waals surface area contributed by atoms with Crippen molar-refractivity contribution < 1.29 is 22.3 Å². The summed E-state index contributed by atoms with van der Waals surface area (Å²) in [4.78, 5) is 12.6. The summed E-state index contributed by atoms with van der Waals surface area (Å²) in [5.74, 6) is 0.0251. The highest BCUT2D eigenvalue weighted by molar-refractivity contribution is 7.90.